The molecule has 3 fully saturated rings. The minimum atomic E-state index is -0.656. The summed E-state index contributed by atoms with van der Waals surface area (Å²) in [6.07, 6.45) is 1.69. The molecule has 2 aromatic carbocycles. The van der Waals surface area contributed by atoms with E-state index in [0.717, 1.165) is 45.6 Å². The van der Waals surface area contributed by atoms with Crippen molar-refractivity contribution < 1.29 is 28.3 Å². The van der Waals surface area contributed by atoms with Gasteiger partial charge in [0.2, 0.25) is 11.8 Å². The van der Waals surface area contributed by atoms with Gasteiger partial charge in [-0.25, -0.2) is 14.3 Å². The van der Waals surface area contributed by atoms with Gasteiger partial charge in [-0.15, -0.1) is 0 Å². The molecular formula is C43H59FN8O6. The van der Waals surface area contributed by atoms with Crippen LogP contribution in [0.3, 0.4) is 0 Å². The SMILES string of the molecule is CC(C)[C@@H](NC(=O)OC(C)(C)C)C(=O)N1CCN(CC2CCN(CC(=O)N3CCN(C(=O)c4cc(Cc5n[nH]c(=O)c6ccccc56)ccc4F)CC3)CC2)C[C@H]1C. The Labute approximate surface area is 340 Å². The zero-order valence-electron chi connectivity index (χ0n) is 34.8. The number of carbonyl (C=O) groups excluding carboxylic acids is 4. The van der Waals surface area contributed by atoms with Crippen molar-refractivity contribution in [2.24, 2.45) is 11.8 Å². The number of carbonyl (C=O) groups is 4. The molecule has 0 saturated carbocycles. The van der Waals surface area contributed by atoms with Crippen LogP contribution in [-0.4, -0.2) is 148 Å². The number of amides is 4. The van der Waals surface area contributed by atoms with Crippen LogP contribution >= 0.6 is 0 Å². The Morgan fingerprint density at radius 3 is 2.24 bits per heavy atom. The quantitative estimate of drug-likeness (QED) is 0.313. The zero-order valence-corrected chi connectivity index (χ0v) is 34.8. The summed E-state index contributed by atoms with van der Waals surface area (Å²) in [6.45, 7) is 17.8. The van der Waals surface area contributed by atoms with Crippen molar-refractivity contribution in [3.05, 3.63) is 75.5 Å². The first kappa shape index (κ1) is 42.7. The normalized spacial score (nSPS) is 19.4. The molecule has 0 unspecified atom stereocenters. The molecule has 3 aliphatic heterocycles. The highest BCUT2D eigenvalue weighted by Crippen LogP contribution is 2.23. The lowest BCUT2D eigenvalue weighted by Gasteiger charge is -2.43. The predicted octanol–water partition coefficient (Wildman–Crippen LogP) is 3.73. The molecule has 0 bridgehead atoms. The van der Waals surface area contributed by atoms with Gasteiger partial charge in [-0.1, -0.05) is 38.1 Å². The van der Waals surface area contributed by atoms with Crippen molar-refractivity contribution in [1.29, 1.82) is 0 Å². The molecule has 3 saturated heterocycles. The van der Waals surface area contributed by atoms with E-state index in [1.54, 1.807) is 54.8 Å². The highest BCUT2D eigenvalue weighted by molar-refractivity contribution is 5.95. The maximum Gasteiger partial charge on any atom is 0.408 e. The number of nitrogens with one attached hydrogen (secondary N) is 2. The highest BCUT2D eigenvalue weighted by Gasteiger charge is 2.36. The average Bonchev–Trinajstić information content (AvgIpc) is 3.18. The number of piperidine rings is 1. The van der Waals surface area contributed by atoms with Crippen LogP contribution in [0.15, 0.2) is 47.3 Å². The van der Waals surface area contributed by atoms with Crippen LogP contribution < -0.4 is 10.9 Å². The van der Waals surface area contributed by atoms with E-state index in [1.165, 1.54) is 6.07 Å². The molecule has 3 aromatic rings. The molecule has 14 nitrogen and oxygen atoms in total. The Balaban J connectivity index is 0.924. The molecule has 4 amide bonds. The molecule has 15 heteroatoms. The molecular weight excluding hydrogens is 744 g/mol. The molecule has 6 rings (SSSR count). The van der Waals surface area contributed by atoms with E-state index in [9.17, 15) is 24.0 Å². The van der Waals surface area contributed by atoms with Crippen molar-refractivity contribution in [2.75, 3.05) is 72.0 Å². The number of nitrogens with zero attached hydrogens (tertiary/aromatic N) is 6. The Bertz CT molecular complexity index is 2020. The lowest BCUT2D eigenvalue weighted by molar-refractivity contribution is -0.139. The third-order valence-corrected chi connectivity index (χ3v) is 11.5. The molecule has 2 N–H and O–H groups in total. The van der Waals surface area contributed by atoms with Gasteiger partial charge in [0.05, 0.1) is 23.2 Å². The number of hydrogen-bond donors (Lipinski definition) is 2. The average molecular weight is 803 g/mol. The van der Waals surface area contributed by atoms with E-state index in [0.29, 0.717) is 73.6 Å². The van der Waals surface area contributed by atoms with E-state index in [1.807, 2.05) is 30.9 Å². The van der Waals surface area contributed by atoms with Gasteiger partial charge in [0, 0.05) is 70.2 Å². The van der Waals surface area contributed by atoms with Gasteiger partial charge >= 0.3 is 6.09 Å². The molecule has 58 heavy (non-hydrogen) atoms. The topological polar surface area (TPSA) is 151 Å². The fourth-order valence-corrected chi connectivity index (χ4v) is 8.31. The number of H-pyrrole nitrogens is 1. The number of alkyl carbamates (subject to hydrolysis) is 1. The number of ether oxygens (including phenoxy) is 1. The second-order valence-corrected chi connectivity index (χ2v) is 17.4. The van der Waals surface area contributed by atoms with Crippen LogP contribution in [0.25, 0.3) is 10.8 Å². The van der Waals surface area contributed by atoms with E-state index in [2.05, 4.69) is 32.2 Å². The van der Waals surface area contributed by atoms with Gasteiger partial charge in [-0.3, -0.25) is 29.0 Å². The van der Waals surface area contributed by atoms with Gasteiger partial charge in [0.1, 0.15) is 17.5 Å². The molecule has 3 aliphatic rings. The monoisotopic (exact) mass is 802 g/mol. The summed E-state index contributed by atoms with van der Waals surface area (Å²) in [4.78, 5) is 75.0. The lowest BCUT2D eigenvalue weighted by atomic mass is 9.95. The summed E-state index contributed by atoms with van der Waals surface area (Å²) >= 11 is 0. The second kappa shape index (κ2) is 18.4. The van der Waals surface area contributed by atoms with Crippen LogP contribution in [0.4, 0.5) is 9.18 Å². The van der Waals surface area contributed by atoms with E-state index in [-0.39, 0.29) is 34.9 Å². The number of hydrogen-bond acceptors (Lipinski definition) is 9. The van der Waals surface area contributed by atoms with Crippen molar-refractivity contribution in [2.45, 2.75) is 78.5 Å². The van der Waals surface area contributed by atoms with Crippen molar-refractivity contribution in [1.82, 2.24) is 40.0 Å². The third-order valence-electron chi connectivity index (χ3n) is 11.5. The van der Waals surface area contributed by atoms with E-state index in [4.69, 9.17) is 4.74 Å². The van der Waals surface area contributed by atoms with E-state index >= 15 is 4.39 Å². The second-order valence-electron chi connectivity index (χ2n) is 17.4. The first-order valence-electron chi connectivity index (χ1n) is 20.6. The van der Waals surface area contributed by atoms with Crippen molar-refractivity contribution in [3.8, 4) is 0 Å². The minimum absolute atomic E-state index is 0.00725. The number of halogens is 1. The van der Waals surface area contributed by atoms with Crippen LogP contribution in [0.5, 0.6) is 0 Å². The maximum atomic E-state index is 15.0. The van der Waals surface area contributed by atoms with Crippen LogP contribution in [0.1, 0.15) is 76.0 Å². The standard InChI is InChI=1S/C43H59FN8O6/c1-28(2)38(45-42(57)58-43(4,5)6)41(56)52-22-17-49(25-29(52)3)26-30-13-15-48(16-14-30)27-37(53)50-18-20-51(21-19-50)40(55)34-23-31(11-12-35(34)44)24-36-32-9-7-8-10-33(32)39(54)47-46-36/h7-12,23,28-30,38H,13-22,24-27H2,1-6H3,(H,45,57)(H,47,54)/t29-,38-/m1/s1. The van der Waals surface area contributed by atoms with Crippen molar-refractivity contribution >= 4 is 34.6 Å². The summed E-state index contributed by atoms with van der Waals surface area (Å²) in [6, 6.07) is 11.0. The molecule has 1 aromatic heterocycles. The number of rotatable bonds is 10. The summed E-state index contributed by atoms with van der Waals surface area (Å²) in [5, 5.41) is 10.8. The van der Waals surface area contributed by atoms with Crippen molar-refractivity contribution in [3.63, 3.8) is 0 Å². The van der Waals surface area contributed by atoms with E-state index < -0.39 is 29.5 Å². The molecule has 0 spiro atoms. The Morgan fingerprint density at radius 2 is 1.59 bits per heavy atom. The Kier molecular flexibility index (Phi) is 13.5. The number of aromatic amines is 1. The number of aromatic nitrogens is 2. The maximum absolute atomic E-state index is 15.0. The number of piperazine rings is 2. The summed E-state index contributed by atoms with van der Waals surface area (Å²) in [7, 11) is 0. The van der Waals surface area contributed by atoms with Crippen LogP contribution in [0, 0.1) is 17.7 Å². The van der Waals surface area contributed by atoms with Crippen LogP contribution in [-0.2, 0) is 20.7 Å². The molecule has 0 aliphatic carbocycles. The van der Waals surface area contributed by atoms with Crippen LogP contribution in [0.2, 0.25) is 0 Å². The number of fused-ring (bicyclic) bond motifs is 1. The van der Waals surface area contributed by atoms with Gasteiger partial charge in [0.25, 0.3) is 11.5 Å². The lowest BCUT2D eigenvalue weighted by Crippen LogP contribution is -2.60. The molecule has 2 atom stereocenters. The Hall–Kier alpha value is -4.89. The number of likely N-dealkylation sites (tertiary alicyclic amines) is 1. The smallest absolute Gasteiger partial charge is 0.408 e. The zero-order chi connectivity index (χ0) is 41.7. The highest BCUT2D eigenvalue weighted by atomic mass is 19.1. The number of benzene rings is 2. The first-order valence-corrected chi connectivity index (χ1v) is 20.6. The largest absolute Gasteiger partial charge is 0.444 e. The summed E-state index contributed by atoms with van der Waals surface area (Å²) in [5.41, 5.74) is 0.369. The third kappa shape index (κ3) is 10.6. The predicted molar refractivity (Wildman–Crippen MR) is 219 cm³/mol. The Morgan fingerprint density at radius 1 is 0.914 bits per heavy atom. The first-order chi connectivity index (χ1) is 27.6. The van der Waals surface area contributed by atoms with Gasteiger partial charge in [-0.2, -0.15) is 5.10 Å². The summed E-state index contributed by atoms with van der Waals surface area (Å²) < 4.78 is 20.4. The summed E-state index contributed by atoms with van der Waals surface area (Å²) in [5.74, 6) is -0.645. The van der Waals surface area contributed by atoms with Gasteiger partial charge < -0.3 is 24.8 Å². The van der Waals surface area contributed by atoms with Gasteiger partial charge in [-0.05, 0) is 89.2 Å². The fraction of sp³-hybridized carbons (Fsp3) is 0.581. The molecule has 4 heterocycles. The minimum Gasteiger partial charge on any atom is -0.444 e. The molecule has 0 radical (unpaired) electrons. The fourth-order valence-electron chi connectivity index (χ4n) is 8.31. The van der Waals surface area contributed by atoms with Gasteiger partial charge in [0.15, 0.2) is 0 Å². The molecule has 314 valence electrons.